The van der Waals surface area contributed by atoms with Crippen molar-refractivity contribution >= 4 is 35.1 Å². The number of halogens is 1. The molecule has 0 saturated carbocycles. The molecule has 0 heterocycles. The summed E-state index contributed by atoms with van der Waals surface area (Å²) in [5, 5.41) is 4.55. The van der Waals surface area contributed by atoms with Crippen molar-refractivity contribution in [3.05, 3.63) is 34.5 Å². The number of anilines is 1. The van der Waals surface area contributed by atoms with Gasteiger partial charge >= 0.3 is 11.9 Å². The van der Waals surface area contributed by atoms with Gasteiger partial charge in [0.25, 0.3) is 5.91 Å². The van der Waals surface area contributed by atoms with Crippen LogP contribution in [0.3, 0.4) is 0 Å². The van der Waals surface area contributed by atoms with Gasteiger partial charge in [-0.1, -0.05) is 25.4 Å². The Morgan fingerprint density at radius 1 is 1.11 bits per heavy atom. The molecule has 10 heteroatoms. The average Bonchev–Trinajstić information content (AvgIpc) is 2.71. The van der Waals surface area contributed by atoms with Crippen molar-refractivity contribution in [2.75, 3.05) is 39.7 Å². The van der Waals surface area contributed by atoms with E-state index in [2.05, 4.69) is 20.2 Å². The van der Waals surface area contributed by atoms with Crippen LogP contribution in [0.1, 0.15) is 24.2 Å². The Morgan fingerprint density at radius 2 is 1.75 bits per heavy atom. The van der Waals surface area contributed by atoms with E-state index in [0.29, 0.717) is 13.1 Å². The van der Waals surface area contributed by atoms with Crippen molar-refractivity contribution in [3.8, 4) is 5.75 Å². The lowest BCUT2D eigenvalue weighted by Gasteiger charge is -2.20. The molecule has 0 aliphatic carbocycles. The van der Waals surface area contributed by atoms with Gasteiger partial charge in [0.05, 0.1) is 43.7 Å². The molecular formula is C18H24ClN3O6. The van der Waals surface area contributed by atoms with Gasteiger partial charge in [-0.3, -0.25) is 10.2 Å². The molecule has 0 aliphatic rings. The first kappa shape index (κ1) is 23.3. The highest BCUT2D eigenvalue weighted by Crippen LogP contribution is 2.32. The molecule has 1 amide bonds. The summed E-state index contributed by atoms with van der Waals surface area (Å²) in [6, 6.07) is 2.84. The van der Waals surface area contributed by atoms with E-state index in [1.54, 1.807) is 5.01 Å². The minimum atomic E-state index is -0.802. The van der Waals surface area contributed by atoms with Gasteiger partial charge in [0, 0.05) is 19.2 Å². The van der Waals surface area contributed by atoms with Gasteiger partial charge in [-0.2, -0.15) is 0 Å². The van der Waals surface area contributed by atoms with Crippen molar-refractivity contribution in [1.82, 2.24) is 10.4 Å². The Balaban J connectivity index is 3.25. The Labute approximate surface area is 168 Å². The van der Waals surface area contributed by atoms with Gasteiger partial charge in [-0.05, 0) is 6.07 Å². The summed E-state index contributed by atoms with van der Waals surface area (Å²) in [7, 11) is 3.73. The minimum absolute atomic E-state index is 0.130. The van der Waals surface area contributed by atoms with Crippen molar-refractivity contribution in [1.29, 1.82) is 0 Å². The van der Waals surface area contributed by atoms with E-state index >= 15 is 0 Å². The van der Waals surface area contributed by atoms with E-state index in [9.17, 15) is 14.4 Å². The molecule has 154 valence electrons. The third-order valence-electron chi connectivity index (χ3n) is 3.69. The van der Waals surface area contributed by atoms with Crippen LogP contribution in [-0.4, -0.2) is 57.3 Å². The number of hydrogen-bond donors (Lipinski definition) is 2. The maximum absolute atomic E-state index is 12.5. The van der Waals surface area contributed by atoms with Crippen LogP contribution in [0.2, 0.25) is 5.02 Å². The van der Waals surface area contributed by atoms with E-state index in [1.807, 2.05) is 13.8 Å². The second kappa shape index (κ2) is 11.2. The minimum Gasteiger partial charge on any atom is -0.496 e. The number of carbonyl (C=O) groups is 3. The number of nitrogens with one attached hydrogen (secondary N) is 2. The second-order valence-corrected chi connectivity index (χ2v) is 5.75. The monoisotopic (exact) mass is 413 g/mol. The van der Waals surface area contributed by atoms with Crippen LogP contribution in [0.25, 0.3) is 0 Å². The molecule has 0 radical (unpaired) electrons. The fraction of sp³-hybridized carbons (Fsp3) is 0.389. The molecule has 2 N–H and O–H groups in total. The number of nitrogens with zero attached hydrogens (tertiary/aromatic N) is 1. The average molecular weight is 414 g/mol. The number of benzene rings is 1. The standard InChI is InChI=1S/C18H24ClN3O6/c1-6-22(7-2)21-17(24)11-8-12(19)13(9-15(11)26-3)20-14(18(25)28-5)10-16(23)27-4/h8-10,20H,6-7H2,1-5H3,(H,21,24)/b14-10+. The zero-order valence-electron chi connectivity index (χ0n) is 16.4. The first-order valence-corrected chi connectivity index (χ1v) is 8.77. The highest BCUT2D eigenvalue weighted by atomic mass is 35.5. The summed E-state index contributed by atoms with van der Waals surface area (Å²) in [6.07, 6.45) is 0.926. The molecule has 1 aromatic rings. The first-order chi connectivity index (χ1) is 13.3. The molecule has 0 saturated heterocycles. The summed E-state index contributed by atoms with van der Waals surface area (Å²) in [5.41, 5.74) is 2.99. The van der Waals surface area contributed by atoms with Gasteiger partial charge in [0.1, 0.15) is 11.4 Å². The van der Waals surface area contributed by atoms with Crippen LogP contribution in [0.4, 0.5) is 5.69 Å². The fourth-order valence-electron chi connectivity index (χ4n) is 2.16. The summed E-state index contributed by atoms with van der Waals surface area (Å²) < 4.78 is 14.4. The molecule has 0 unspecified atom stereocenters. The van der Waals surface area contributed by atoms with Gasteiger partial charge in [-0.25, -0.2) is 14.6 Å². The van der Waals surface area contributed by atoms with Crippen LogP contribution in [0.5, 0.6) is 5.75 Å². The maximum Gasteiger partial charge on any atom is 0.354 e. The maximum atomic E-state index is 12.5. The molecule has 0 aliphatic heterocycles. The first-order valence-electron chi connectivity index (χ1n) is 8.39. The number of hydrogen-bond acceptors (Lipinski definition) is 8. The fourth-order valence-corrected chi connectivity index (χ4v) is 2.37. The zero-order chi connectivity index (χ0) is 21.3. The molecule has 0 fully saturated rings. The van der Waals surface area contributed by atoms with Crippen molar-refractivity contribution in [3.63, 3.8) is 0 Å². The van der Waals surface area contributed by atoms with Gasteiger partial charge < -0.3 is 19.5 Å². The van der Waals surface area contributed by atoms with Crippen LogP contribution >= 0.6 is 11.6 Å². The predicted molar refractivity (Wildman–Crippen MR) is 104 cm³/mol. The Kier molecular flexibility index (Phi) is 9.26. The van der Waals surface area contributed by atoms with Crippen LogP contribution in [-0.2, 0) is 19.1 Å². The van der Waals surface area contributed by atoms with Crippen LogP contribution in [0.15, 0.2) is 23.9 Å². The molecule has 0 aromatic heterocycles. The second-order valence-electron chi connectivity index (χ2n) is 5.34. The zero-order valence-corrected chi connectivity index (χ0v) is 17.2. The molecule has 28 heavy (non-hydrogen) atoms. The number of rotatable bonds is 9. The van der Waals surface area contributed by atoms with Gasteiger partial charge in [-0.15, -0.1) is 0 Å². The number of esters is 2. The largest absolute Gasteiger partial charge is 0.496 e. The number of amides is 1. The Hall–Kier alpha value is -2.78. The third kappa shape index (κ3) is 6.14. The molecule has 1 aromatic carbocycles. The van der Waals surface area contributed by atoms with Gasteiger partial charge in [0.15, 0.2) is 0 Å². The highest BCUT2D eigenvalue weighted by molar-refractivity contribution is 6.34. The van der Waals surface area contributed by atoms with E-state index in [4.69, 9.17) is 16.3 Å². The summed E-state index contributed by atoms with van der Waals surface area (Å²) in [6.45, 7) is 5.06. The predicted octanol–water partition coefficient (Wildman–Crippen LogP) is 1.98. The lowest BCUT2D eigenvalue weighted by atomic mass is 10.1. The lowest BCUT2D eigenvalue weighted by Crippen LogP contribution is -2.41. The summed E-state index contributed by atoms with van der Waals surface area (Å²) >= 11 is 6.26. The molecule has 0 spiro atoms. The Morgan fingerprint density at radius 3 is 2.25 bits per heavy atom. The Bertz CT molecular complexity index is 762. The van der Waals surface area contributed by atoms with Gasteiger partial charge in [0.2, 0.25) is 0 Å². The molecule has 0 bridgehead atoms. The van der Waals surface area contributed by atoms with E-state index in [0.717, 1.165) is 13.2 Å². The van der Waals surface area contributed by atoms with E-state index < -0.39 is 17.8 Å². The molecule has 9 nitrogen and oxygen atoms in total. The highest BCUT2D eigenvalue weighted by Gasteiger charge is 2.20. The third-order valence-corrected chi connectivity index (χ3v) is 4.01. The van der Waals surface area contributed by atoms with Crippen molar-refractivity contribution in [2.45, 2.75) is 13.8 Å². The number of methoxy groups -OCH3 is 3. The normalized spacial score (nSPS) is 11.0. The quantitative estimate of drug-likeness (QED) is 0.359. The van der Waals surface area contributed by atoms with E-state index in [-0.39, 0.29) is 27.7 Å². The number of ether oxygens (including phenoxy) is 3. The topological polar surface area (TPSA) is 106 Å². The van der Waals surface area contributed by atoms with E-state index in [1.165, 1.54) is 26.4 Å². The molecule has 1 rings (SSSR count). The SMILES string of the molecule is CCN(CC)NC(=O)c1cc(Cl)c(N/C(=C/C(=O)OC)C(=O)OC)cc1OC. The molecule has 0 atom stereocenters. The van der Waals surface area contributed by atoms with Crippen molar-refractivity contribution < 1.29 is 28.6 Å². The van der Waals surface area contributed by atoms with Crippen LogP contribution < -0.4 is 15.5 Å². The van der Waals surface area contributed by atoms with Crippen LogP contribution in [0, 0.1) is 0 Å². The number of carbonyl (C=O) groups excluding carboxylic acids is 3. The smallest absolute Gasteiger partial charge is 0.354 e. The van der Waals surface area contributed by atoms with Crippen molar-refractivity contribution in [2.24, 2.45) is 0 Å². The number of hydrazine groups is 1. The summed E-state index contributed by atoms with van der Waals surface area (Å²) in [5.74, 6) is -1.74. The molecular weight excluding hydrogens is 390 g/mol. The summed E-state index contributed by atoms with van der Waals surface area (Å²) in [4.78, 5) is 35.9. The lowest BCUT2D eigenvalue weighted by molar-refractivity contribution is -0.138.